The first-order chi connectivity index (χ1) is 9.44. The first-order valence-electron chi connectivity index (χ1n) is 5.79. The molecule has 0 aromatic carbocycles. The van der Waals surface area contributed by atoms with Crippen molar-refractivity contribution in [2.75, 3.05) is 5.32 Å². The van der Waals surface area contributed by atoms with Crippen LogP contribution in [0.15, 0.2) is 16.0 Å². The maximum Gasteiger partial charge on any atom is 0.251 e. The number of rotatable bonds is 4. The number of anilines is 1. The summed E-state index contributed by atoms with van der Waals surface area (Å²) in [5.41, 5.74) is 0.385. The smallest absolute Gasteiger partial charge is 0.251 e. The molecule has 2 aromatic heterocycles. The van der Waals surface area contributed by atoms with Gasteiger partial charge in [0.15, 0.2) is 5.16 Å². The number of hydrogen-bond donors (Lipinski definition) is 2. The molecule has 106 valence electrons. The van der Waals surface area contributed by atoms with Crippen molar-refractivity contribution in [2.45, 2.75) is 31.2 Å². The van der Waals surface area contributed by atoms with Crippen molar-refractivity contribution >= 4 is 34.1 Å². The number of thioether (sulfide) groups is 1. The zero-order valence-electron chi connectivity index (χ0n) is 11.1. The van der Waals surface area contributed by atoms with Crippen LogP contribution >= 0.6 is 23.1 Å². The Balaban J connectivity index is 2.02. The number of aryl methyl sites for hydroxylation is 2. The Hall–Kier alpha value is -1.74. The van der Waals surface area contributed by atoms with Crippen molar-refractivity contribution in [1.29, 1.82) is 0 Å². The molecule has 0 aliphatic rings. The Labute approximate surface area is 123 Å². The number of aromatic amines is 1. The van der Waals surface area contributed by atoms with Gasteiger partial charge in [0, 0.05) is 11.8 Å². The van der Waals surface area contributed by atoms with E-state index in [2.05, 4.69) is 25.5 Å². The standard InChI is InChI=1S/C11H13N5O2S2/c1-5-4-8(17)13-10(12-5)19-6(2)9(18)14-11-16-15-7(3)20-11/h4,6H,1-3H3,(H,12,13,17)(H,14,16,18). The summed E-state index contributed by atoms with van der Waals surface area (Å²) < 4.78 is 0. The van der Waals surface area contributed by atoms with Crippen molar-refractivity contribution < 1.29 is 4.79 Å². The molecule has 2 aromatic rings. The number of aromatic nitrogens is 4. The normalized spacial score (nSPS) is 12.2. The monoisotopic (exact) mass is 311 g/mol. The molecule has 0 aliphatic heterocycles. The third-order valence-electron chi connectivity index (χ3n) is 2.26. The summed E-state index contributed by atoms with van der Waals surface area (Å²) in [7, 11) is 0. The molecule has 9 heteroatoms. The molecule has 0 aliphatic carbocycles. The van der Waals surface area contributed by atoms with Crippen LogP contribution in [0.25, 0.3) is 0 Å². The highest BCUT2D eigenvalue weighted by molar-refractivity contribution is 8.00. The minimum absolute atomic E-state index is 0.213. The Morgan fingerprint density at radius 1 is 1.45 bits per heavy atom. The van der Waals surface area contributed by atoms with Gasteiger partial charge in [-0.3, -0.25) is 14.9 Å². The topological polar surface area (TPSA) is 101 Å². The molecule has 0 bridgehead atoms. The summed E-state index contributed by atoms with van der Waals surface area (Å²) in [6, 6.07) is 1.40. The van der Waals surface area contributed by atoms with E-state index in [4.69, 9.17) is 0 Å². The van der Waals surface area contributed by atoms with Crippen LogP contribution in [0.1, 0.15) is 17.6 Å². The van der Waals surface area contributed by atoms with E-state index in [0.29, 0.717) is 16.0 Å². The summed E-state index contributed by atoms with van der Waals surface area (Å²) in [6.07, 6.45) is 0. The van der Waals surface area contributed by atoms with Crippen LogP contribution in [0.3, 0.4) is 0 Å². The van der Waals surface area contributed by atoms with Crippen molar-refractivity contribution in [1.82, 2.24) is 20.2 Å². The van der Waals surface area contributed by atoms with Crippen LogP contribution in [0.2, 0.25) is 0 Å². The predicted octanol–water partition coefficient (Wildman–Crippen LogP) is 1.36. The maximum absolute atomic E-state index is 12.0. The van der Waals surface area contributed by atoms with E-state index < -0.39 is 5.25 Å². The molecule has 0 saturated heterocycles. The zero-order valence-corrected chi connectivity index (χ0v) is 12.8. The van der Waals surface area contributed by atoms with Crippen LogP contribution in [-0.2, 0) is 4.79 Å². The second kappa shape index (κ2) is 6.14. The maximum atomic E-state index is 12.0. The quantitative estimate of drug-likeness (QED) is 0.653. The molecule has 1 amide bonds. The van der Waals surface area contributed by atoms with Gasteiger partial charge in [0.1, 0.15) is 5.01 Å². The highest BCUT2D eigenvalue weighted by Crippen LogP contribution is 2.21. The molecule has 0 fully saturated rings. The first-order valence-corrected chi connectivity index (χ1v) is 7.49. The Kier molecular flexibility index (Phi) is 4.50. The van der Waals surface area contributed by atoms with Crippen molar-refractivity contribution in [3.8, 4) is 0 Å². The second-order valence-electron chi connectivity index (χ2n) is 4.07. The zero-order chi connectivity index (χ0) is 14.7. The molecular weight excluding hydrogens is 298 g/mol. The molecule has 0 radical (unpaired) electrons. The summed E-state index contributed by atoms with van der Waals surface area (Å²) in [4.78, 5) is 30.1. The number of amides is 1. The van der Waals surface area contributed by atoms with Gasteiger partial charge in [-0.15, -0.1) is 10.2 Å². The number of hydrogen-bond acceptors (Lipinski definition) is 7. The van der Waals surface area contributed by atoms with Crippen LogP contribution in [0.5, 0.6) is 0 Å². The predicted molar refractivity (Wildman–Crippen MR) is 78.2 cm³/mol. The third kappa shape index (κ3) is 3.87. The third-order valence-corrected chi connectivity index (χ3v) is 4.00. The van der Waals surface area contributed by atoms with E-state index in [1.54, 1.807) is 13.8 Å². The molecule has 1 atom stereocenters. The first kappa shape index (κ1) is 14.7. The van der Waals surface area contributed by atoms with E-state index in [1.807, 2.05) is 6.92 Å². The summed E-state index contributed by atoms with van der Waals surface area (Å²) in [5, 5.41) is 11.6. The van der Waals surface area contributed by atoms with Gasteiger partial charge in [0.05, 0.1) is 5.25 Å². The molecule has 2 heterocycles. The molecule has 0 spiro atoms. The van der Waals surface area contributed by atoms with Gasteiger partial charge in [-0.25, -0.2) is 4.98 Å². The average molecular weight is 311 g/mol. The van der Waals surface area contributed by atoms with Gasteiger partial charge in [0.2, 0.25) is 11.0 Å². The van der Waals surface area contributed by atoms with E-state index in [0.717, 1.165) is 5.01 Å². The van der Waals surface area contributed by atoms with Gasteiger partial charge in [-0.05, 0) is 20.8 Å². The van der Waals surface area contributed by atoms with Crippen molar-refractivity contribution in [2.24, 2.45) is 0 Å². The van der Waals surface area contributed by atoms with Crippen molar-refractivity contribution in [3.63, 3.8) is 0 Å². The SMILES string of the molecule is Cc1cc(=O)[nH]c(SC(C)C(=O)Nc2nnc(C)s2)n1. The van der Waals surface area contributed by atoms with E-state index in [9.17, 15) is 9.59 Å². The van der Waals surface area contributed by atoms with Crippen LogP contribution in [0, 0.1) is 13.8 Å². The van der Waals surface area contributed by atoms with Crippen LogP contribution in [-0.4, -0.2) is 31.3 Å². The summed E-state index contributed by atoms with van der Waals surface area (Å²) in [6.45, 7) is 5.27. The fraction of sp³-hybridized carbons (Fsp3) is 0.364. The largest absolute Gasteiger partial charge is 0.301 e. The molecule has 20 heavy (non-hydrogen) atoms. The number of carbonyl (C=O) groups excluding carboxylic acids is 1. The van der Waals surface area contributed by atoms with Gasteiger partial charge in [-0.1, -0.05) is 23.1 Å². The Morgan fingerprint density at radius 2 is 2.20 bits per heavy atom. The molecule has 0 saturated carbocycles. The highest BCUT2D eigenvalue weighted by Gasteiger charge is 2.17. The van der Waals surface area contributed by atoms with Gasteiger partial charge < -0.3 is 4.98 Å². The lowest BCUT2D eigenvalue weighted by Crippen LogP contribution is -2.23. The summed E-state index contributed by atoms with van der Waals surface area (Å²) in [5.74, 6) is -0.213. The van der Waals surface area contributed by atoms with Crippen molar-refractivity contribution in [3.05, 3.63) is 27.1 Å². The van der Waals surface area contributed by atoms with E-state index >= 15 is 0 Å². The lowest BCUT2D eigenvalue weighted by molar-refractivity contribution is -0.115. The number of nitrogens with zero attached hydrogens (tertiary/aromatic N) is 3. The number of carbonyl (C=O) groups is 1. The highest BCUT2D eigenvalue weighted by atomic mass is 32.2. The fourth-order valence-electron chi connectivity index (χ4n) is 1.38. The lowest BCUT2D eigenvalue weighted by atomic mass is 10.4. The minimum atomic E-state index is -0.413. The Morgan fingerprint density at radius 3 is 2.80 bits per heavy atom. The Bertz CT molecular complexity index is 681. The summed E-state index contributed by atoms with van der Waals surface area (Å²) >= 11 is 2.49. The lowest BCUT2D eigenvalue weighted by Gasteiger charge is -2.09. The number of nitrogens with one attached hydrogen (secondary N) is 2. The van der Waals surface area contributed by atoms with Gasteiger partial charge in [-0.2, -0.15) is 0 Å². The minimum Gasteiger partial charge on any atom is -0.301 e. The fourth-order valence-corrected chi connectivity index (χ4v) is 2.83. The van der Waals surface area contributed by atoms with Gasteiger partial charge >= 0.3 is 0 Å². The molecule has 2 rings (SSSR count). The van der Waals surface area contributed by atoms with Crippen LogP contribution < -0.4 is 10.9 Å². The van der Waals surface area contributed by atoms with E-state index in [-0.39, 0.29) is 11.5 Å². The molecular formula is C11H13N5O2S2. The molecule has 1 unspecified atom stereocenters. The van der Waals surface area contributed by atoms with Gasteiger partial charge in [0.25, 0.3) is 5.56 Å². The number of H-pyrrole nitrogens is 1. The molecule has 2 N–H and O–H groups in total. The van der Waals surface area contributed by atoms with E-state index in [1.165, 1.54) is 29.2 Å². The second-order valence-corrected chi connectivity index (χ2v) is 6.58. The van der Waals surface area contributed by atoms with Crippen LogP contribution in [0.4, 0.5) is 5.13 Å². The molecule has 7 nitrogen and oxygen atoms in total. The average Bonchev–Trinajstić information content (AvgIpc) is 2.73.